The summed E-state index contributed by atoms with van der Waals surface area (Å²) in [6.07, 6.45) is 0. The quantitative estimate of drug-likeness (QED) is 0.860. The molecule has 0 bridgehead atoms. The first-order valence-corrected chi connectivity index (χ1v) is 6.46. The van der Waals surface area contributed by atoms with E-state index in [0.717, 1.165) is 23.3 Å². The van der Waals surface area contributed by atoms with Gasteiger partial charge in [-0.15, -0.1) is 0 Å². The minimum Gasteiger partial charge on any atom is -0.366 e. The molecular formula is C14H21N5. The summed E-state index contributed by atoms with van der Waals surface area (Å²) >= 11 is 0. The molecule has 0 spiro atoms. The van der Waals surface area contributed by atoms with E-state index in [1.165, 1.54) is 0 Å². The number of hydrogen-bond acceptors (Lipinski definition) is 5. The van der Waals surface area contributed by atoms with E-state index in [1.807, 2.05) is 31.3 Å². The van der Waals surface area contributed by atoms with Crippen molar-refractivity contribution in [2.45, 2.75) is 13.0 Å². The minimum absolute atomic E-state index is 0.318. The van der Waals surface area contributed by atoms with Crippen LogP contribution >= 0.6 is 0 Å². The second-order valence-corrected chi connectivity index (χ2v) is 4.97. The maximum atomic E-state index is 4.51. The van der Waals surface area contributed by atoms with Crippen molar-refractivity contribution in [3.05, 3.63) is 24.3 Å². The molecule has 1 heterocycles. The molecule has 19 heavy (non-hydrogen) atoms. The molecule has 102 valence electrons. The maximum Gasteiger partial charge on any atom is 0.224 e. The molecule has 1 aromatic heterocycles. The summed E-state index contributed by atoms with van der Waals surface area (Å²) in [7, 11) is 5.96. The molecule has 5 nitrogen and oxygen atoms in total. The van der Waals surface area contributed by atoms with Gasteiger partial charge in [0.15, 0.2) is 0 Å². The van der Waals surface area contributed by atoms with Crippen molar-refractivity contribution >= 4 is 22.7 Å². The number of nitrogens with zero attached hydrogens (tertiary/aromatic N) is 3. The van der Waals surface area contributed by atoms with E-state index in [1.54, 1.807) is 0 Å². The van der Waals surface area contributed by atoms with Crippen LogP contribution in [0.3, 0.4) is 0 Å². The van der Waals surface area contributed by atoms with Crippen LogP contribution in [0, 0.1) is 0 Å². The number of hydrogen-bond donors (Lipinski definition) is 2. The zero-order valence-electron chi connectivity index (χ0n) is 11.9. The van der Waals surface area contributed by atoms with Gasteiger partial charge in [0.25, 0.3) is 0 Å². The molecule has 2 rings (SSSR count). The average Bonchev–Trinajstić information content (AvgIpc) is 2.37. The van der Waals surface area contributed by atoms with Crippen LogP contribution in [0.4, 0.5) is 11.8 Å². The summed E-state index contributed by atoms with van der Waals surface area (Å²) in [6, 6.07) is 8.35. The van der Waals surface area contributed by atoms with Crippen molar-refractivity contribution in [1.29, 1.82) is 0 Å². The van der Waals surface area contributed by atoms with E-state index in [2.05, 4.69) is 46.5 Å². The number of fused-ring (bicyclic) bond motifs is 1. The average molecular weight is 259 g/mol. The van der Waals surface area contributed by atoms with E-state index in [0.29, 0.717) is 12.0 Å². The number of likely N-dealkylation sites (N-methyl/N-ethyl adjacent to an activating group) is 1. The molecule has 1 aromatic carbocycles. The zero-order valence-corrected chi connectivity index (χ0v) is 11.9. The Kier molecular flexibility index (Phi) is 4.16. The Labute approximate surface area is 114 Å². The topological polar surface area (TPSA) is 53.1 Å². The Hall–Kier alpha value is -1.88. The summed E-state index contributed by atoms with van der Waals surface area (Å²) in [4.78, 5) is 11.1. The molecule has 0 aliphatic carbocycles. The van der Waals surface area contributed by atoms with Crippen molar-refractivity contribution in [1.82, 2.24) is 14.9 Å². The van der Waals surface area contributed by atoms with Crippen LogP contribution in [-0.2, 0) is 0 Å². The lowest BCUT2D eigenvalue weighted by molar-refractivity contribution is 0.392. The molecule has 2 aromatic rings. The number of para-hydroxylation sites is 1. The van der Waals surface area contributed by atoms with Gasteiger partial charge >= 0.3 is 0 Å². The molecule has 0 amide bonds. The van der Waals surface area contributed by atoms with Crippen molar-refractivity contribution < 1.29 is 0 Å². The fraction of sp³-hybridized carbons (Fsp3) is 0.429. The molecule has 0 fully saturated rings. The van der Waals surface area contributed by atoms with Crippen molar-refractivity contribution in [2.24, 2.45) is 0 Å². The summed E-state index contributed by atoms with van der Waals surface area (Å²) in [5.74, 6) is 1.52. The second kappa shape index (κ2) is 5.84. The summed E-state index contributed by atoms with van der Waals surface area (Å²) in [5.41, 5.74) is 0.946. The highest BCUT2D eigenvalue weighted by Gasteiger charge is 2.10. The molecule has 0 aliphatic rings. The van der Waals surface area contributed by atoms with Gasteiger partial charge in [0.2, 0.25) is 5.95 Å². The van der Waals surface area contributed by atoms with Gasteiger partial charge in [-0.2, -0.15) is 4.98 Å². The third-order valence-electron chi connectivity index (χ3n) is 2.85. The van der Waals surface area contributed by atoms with E-state index >= 15 is 0 Å². The van der Waals surface area contributed by atoms with Crippen LogP contribution in [0.1, 0.15) is 6.92 Å². The van der Waals surface area contributed by atoms with Crippen molar-refractivity contribution in [2.75, 3.05) is 38.3 Å². The van der Waals surface area contributed by atoms with Crippen molar-refractivity contribution in [3.8, 4) is 0 Å². The van der Waals surface area contributed by atoms with Gasteiger partial charge in [0.05, 0.1) is 5.52 Å². The second-order valence-electron chi connectivity index (χ2n) is 4.97. The Morgan fingerprint density at radius 3 is 2.63 bits per heavy atom. The van der Waals surface area contributed by atoms with Crippen molar-refractivity contribution in [3.63, 3.8) is 0 Å². The Morgan fingerprint density at radius 2 is 1.95 bits per heavy atom. The van der Waals surface area contributed by atoms with E-state index in [9.17, 15) is 0 Å². The number of aromatic nitrogens is 2. The van der Waals surface area contributed by atoms with Crippen LogP contribution in [-0.4, -0.2) is 48.6 Å². The first-order chi connectivity index (χ1) is 9.10. The number of nitrogens with one attached hydrogen (secondary N) is 2. The SMILES string of the molecule is CNc1nc(NC(C)CN(C)C)c2ccccc2n1. The molecule has 0 saturated carbocycles. The lowest BCUT2D eigenvalue weighted by Crippen LogP contribution is -2.30. The zero-order chi connectivity index (χ0) is 13.8. The first kappa shape index (κ1) is 13.5. The maximum absolute atomic E-state index is 4.51. The smallest absolute Gasteiger partial charge is 0.224 e. The molecule has 0 saturated heterocycles. The monoisotopic (exact) mass is 259 g/mol. The highest BCUT2D eigenvalue weighted by molar-refractivity contribution is 5.90. The summed E-state index contributed by atoms with van der Waals surface area (Å²) < 4.78 is 0. The minimum atomic E-state index is 0.318. The third kappa shape index (κ3) is 3.32. The Balaban J connectivity index is 2.35. The Morgan fingerprint density at radius 1 is 1.21 bits per heavy atom. The predicted molar refractivity (Wildman–Crippen MR) is 80.7 cm³/mol. The molecule has 1 atom stereocenters. The van der Waals surface area contributed by atoms with Crippen LogP contribution in [0.2, 0.25) is 0 Å². The number of anilines is 2. The van der Waals surface area contributed by atoms with Crippen LogP contribution in [0.15, 0.2) is 24.3 Å². The van der Waals surface area contributed by atoms with Gasteiger partial charge in [-0.3, -0.25) is 0 Å². The number of rotatable bonds is 5. The summed E-state index contributed by atoms with van der Waals surface area (Å²) in [5, 5.41) is 7.51. The van der Waals surface area contributed by atoms with Gasteiger partial charge < -0.3 is 15.5 Å². The van der Waals surface area contributed by atoms with Gasteiger partial charge in [0, 0.05) is 25.0 Å². The largest absolute Gasteiger partial charge is 0.366 e. The lowest BCUT2D eigenvalue weighted by Gasteiger charge is -2.20. The van der Waals surface area contributed by atoms with Gasteiger partial charge in [-0.05, 0) is 33.2 Å². The molecular weight excluding hydrogens is 238 g/mol. The molecule has 1 unspecified atom stereocenters. The van der Waals surface area contributed by atoms with Crippen LogP contribution < -0.4 is 10.6 Å². The molecule has 0 radical (unpaired) electrons. The molecule has 0 aliphatic heterocycles. The third-order valence-corrected chi connectivity index (χ3v) is 2.85. The Bertz CT molecular complexity index is 553. The first-order valence-electron chi connectivity index (χ1n) is 6.46. The predicted octanol–water partition coefficient (Wildman–Crippen LogP) is 2.03. The lowest BCUT2D eigenvalue weighted by atomic mass is 10.2. The highest BCUT2D eigenvalue weighted by atomic mass is 15.2. The molecule has 5 heteroatoms. The standard InChI is InChI=1S/C14H21N5/c1-10(9-19(3)4)16-13-11-7-5-6-8-12(11)17-14(15-2)18-13/h5-8,10H,9H2,1-4H3,(H2,15,16,17,18). The fourth-order valence-electron chi connectivity index (χ4n) is 2.13. The van der Waals surface area contributed by atoms with Gasteiger partial charge in [-0.1, -0.05) is 12.1 Å². The van der Waals surface area contributed by atoms with E-state index in [-0.39, 0.29) is 0 Å². The van der Waals surface area contributed by atoms with Gasteiger partial charge in [-0.25, -0.2) is 4.98 Å². The fourth-order valence-corrected chi connectivity index (χ4v) is 2.13. The van der Waals surface area contributed by atoms with E-state index in [4.69, 9.17) is 0 Å². The van der Waals surface area contributed by atoms with Crippen LogP contribution in [0.5, 0.6) is 0 Å². The van der Waals surface area contributed by atoms with E-state index < -0.39 is 0 Å². The van der Waals surface area contributed by atoms with Gasteiger partial charge in [0.1, 0.15) is 5.82 Å². The highest BCUT2D eigenvalue weighted by Crippen LogP contribution is 2.22. The molecule has 2 N–H and O–H groups in total. The van der Waals surface area contributed by atoms with Crippen LogP contribution in [0.25, 0.3) is 10.9 Å². The normalized spacial score (nSPS) is 12.7. The number of benzene rings is 1. The summed E-state index contributed by atoms with van der Waals surface area (Å²) in [6.45, 7) is 3.10.